The second kappa shape index (κ2) is 7.04. The van der Waals surface area contributed by atoms with E-state index in [0.717, 1.165) is 31.5 Å². The zero-order chi connectivity index (χ0) is 16.2. The molecule has 2 atom stereocenters. The Hall–Kier alpha value is -2.02. The van der Waals surface area contributed by atoms with Crippen molar-refractivity contribution in [3.8, 4) is 0 Å². The van der Waals surface area contributed by atoms with E-state index in [1.165, 1.54) is 6.20 Å². The Bertz CT molecular complexity index is 549. The molecule has 3 heterocycles. The summed E-state index contributed by atoms with van der Waals surface area (Å²) in [5.74, 6) is 0.504. The Morgan fingerprint density at radius 2 is 2.04 bits per heavy atom. The predicted molar refractivity (Wildman–Crippen MR) is 82.3 cm³/mol. The number of hydrogen-bond donors (Lipinski definition) is 0. The maximum Gasteiger partial charge on any atom is 0.332 e. The fraction of sp³-hybridized carbons (Fsp3) is 0.625. The zero-order valence-corrected chi connectivity index (χ0v) is 13.2. The molecule has 0 saturated carbocycles. The fourth-order valence-corrected chi connectivity index (χ4v) is 3.55. The van der Waals surface area contributed by atoms with Crippen LogP contribution >= 0.6 is 0 Å². The van der Waals surface area contributed by atoms with Crippen molar-refractivity contribution in [2.24, 2.45) is 0 Å². The minimum atomic E-state index is -0.308. The molecule has 0 amide bonds. The van der Waals surface area contributed by atoms with Crippen molar-refractivity contribution >= 4 is 18.1 Å². The molecular formula is C16H21N3O4. The van der Waals surface area contributed by atoms with Crippen LogP contribution in [0.2, 0.25) is 0 Å². The Labute approximate surface area is 135 Å². The van der Waals surface area contributed by atoms with Crippen LogP contribution in [-0.4, -0.2) is 53.6 Å². The summed E-state index contributed by atoms with van der Waals surface area (Å²) < 4.78 is 10.6. The standard InChI is InChI=1S/C16H21N3O4/c1-2-22-16(21)10-23-14-5-12-3-4-13(6-14)19(12)15-8-17-11(9-20)7-18-15/h7-9,12-14H,2-6,10H2,1H3. The molecule has 23 heavy (non-hydrogen) atoms. The maximum absolute atomic E-state index is 11.4. The summed E-state index contributed by atoms with van der Waals surface area (Å²) in [6.45, 7) is 2.18. The lowest BCUT2D eigenvalue weighted by Crippen LogP contribution is -2.46. The first kappa shape index (κ1) is 15.9. The van der Waals surface area contributed by atoms with Gasteiger partial charge in [0, 0.05) is 12.1 Å². The molecular weight excluding hydrogens is 298 g/mol. The van der Waals surface area contributed by atoms with Gasteiger partial charge in [-0.15, -0.1) is 0 Å². The minimum absolute atomic E-state index is 0.0196. The van der Waals surface area contributed by atoms with Gasteiger partial charge in [0.1, 0.15) is 18.1 Å². The van der Waals surface area contributed by atoms with E-state index in [9.17, 15) is 9.59 Å². The number of aldehydes is 1. The second-order valence-electron chi connectivity index (χ2n) is 5.92. The van der Waals surface area contributed by atoms with Gasteiger partial charge in [0.2, 0.25) is 0 Å². The maximum atomic E-state index is 11.4. The van der Waals surface area contributed by atoms with Crippen molar-refractivity contribution in [3.63, 3.8) is 0 Å². The van der Waals surface area contributed by atoms with Crippen molar-refractivity contribution in [3.05, 3.63) is 18.1 Å². The van der Waals surface area contributed by atoms with Gasteiger partial charge in [0.15, 0.2) is 6.29 Å². The SMILES string of the molecule is CCOC(=O)COC1CC2CCC(C1)N2c1cnc(C=O)cn1. The largest absolute Gasteiger partial charge is 0.464 e. The lowest BCUT2D eigenvalue weighted by Gasteiger charge is -2.39. The van der Waals surface area contributed by atoms with Crippen molar-refractivity contribution in [2.45, 2.75) is 50.8 Å². The number of hydrogen-bond acceptors (Lipinski definition) is 7. The zero-order valence-electron chi connectivity index (χ0n) is 13.2. The first-order valence-corrected chi connectivity index (χ1v) is 8.04. The molecule has 0 aromatic carbocycles. The first-order chi connectivity index (χ1) is 11.2. The van der Waals surface area contributed by atoms with Crippen molar-refractivity contribution in [2.75, 3.05) is 18.1 Å². The average molecular weight is 319 g/mol. The first-order valence-electron chi connectivity index (χ1n) is 8.04. The molecule has 0 N–H and O–H groups in total. The molecule has 2 bridgehead atoms. The van der Waals surface area contributed by atoms with E-state index in [-0.39, 0.29) is 18.7 Å². The van der Waals surface area contributed by atoms with Gasteiger partial charge in [-0.2, -0.15) is 0 Å². The second-order valence-corrected chi connectivity index (χ2v) is 5.92. The van der Waals surface area contributed by atoms with Crippen molar-refractivity contribution in [1.29, 1.82) is 0 Å². The molecule has 2 saturated heterocycles. The summed E-state index contributed by atoms with van der Waals surface area (Å²) in [4.78, 5) is 32.8. The Morgan fingerprint density at radius 3 is 2.61 bits per heavy atom. The lowest BCUT2D eigenvalue weighted by molar-refractivity contribution is -0.151. The number of aromatic nitrogens is 2. The third kappa shape index (κ3) is 3.50. The van der Waals surface area contributed by atoms with Crippen LogP contribution in [0.15, 0.2) is 12.4 Å². The summed E-state index contributed by atoms with van der Waals surface area (Å²) >= 11 is 0. The van der Waals surface area contributed by atoms with Crippen LogP contribution in [0, 0.1) is 0 Å². The smallest absolute Gasteiger partial charge is 0.332 e. The summed E-state index contributed by atoms with van der Waals surface area (Å²) in [6.07, 6.45) is 7.85. The van der Waals surface area contributed by atoms with Crippen LogP contribution in [0.1, 0.15) is 43.1 Å². The molecule has 3 rings (SSSR count). The molecule has 0 spiro atoms. The highest BCUT2D eigenvalue weighted by Gasteiger charge is 2.42. The Kier molecular flexibility index (Phi) is 4.85. The van der Waals surface area contributed by atoms with E-state index in [2.05, 4.69) is 14.9 Å². The van der Waals surface area contributed by atoms with E-state index in [1.54, 1.807) is 13.1 Å². The van der Waals surface area contributed by atoms with Crippen LogP contribution in [-0.2, 0) is 14.3 Å². The fourth-order valence-electron chi connectivity index (χ4n) is 3.55. The number of nitrogens with zero attached hydrogens (tertiary/aromatic N) is 3. The van der Waals surface area contributed by atoms with Gasteiger partial charge in [-0.1, -0.05) is 0 Å². The van der Waals surface area contributed by atoms with E-state index in [4.69, 9.17) is 9.47 Å². The number of carbonyl (C=O) groups is 2. The monoisotopic (exact) mass is 319 g/mol. The van der Waals surface area contributed by atoms with Gasteiger partial charge in [0.25, 0.3) is 0 Å². The minimum Gasteiger partial charge on any atom is -0.464 e. The number of piperidine rings is 1. The summed E-state index contributed by atoms with van der Waals surface area (Å²) in [6, 6.07) is 0.689. The van der Waals surface area contributed by atoms with Gasteiger partial charge < -0.3 is 14.4 Å². The van der Waals surface area contributed by atoms with Crippen LogP contribution in [0.3, 0.4) is 0 Å². The number of anilines is 1. The van der Waals surface area contributed by atoms with Crippen LogP contribution in [0.4, 0.5) is 5.82 Å². The highest BCUT2D eigenvalue weighted by molar-refractivity contribution is 5.71. The van der Waals surface area contributed by atoms with Crippen LogP contribution in [0.5, 0.6) is 0 Å². The molecule has 7 nitrogen and oxygen atoms in total. The highest BCUT2D eigenvalue weighted by atomic mass is 16.6. The highest BCUT2D eigenvalue weighted by Crippen LogP contribution is 2.39. The molecule has 2 aliphatic heterocycles. The normalized spacial score (nSPS) is 26.1. The van der Waals surface area contributed by atoms with Crippen molar-refractivity contribution in [1.82, 2.24) is 9.97 Å². The van der Waals surface area contributed by atoms with E-state index < -0.39 is 0 Å². The van der Waals surface area contributed by atoms with Crippen molar-refractivity contribution < 1.29 is 19.1 Å². The number of rotatable bonds is 6. The Morgan fingerprint density at radius 1 is 1.30 bits per heavy atom. The number of ether oxygens (including phenoxy) is 2. The van der Waals surface area contributed by atoms with Gasteiger partial charge in [-0.3, -0.25) is 4.79 Å². The molecule has 2 unspecified atom stereocenters. The molecule has 1 aromatic heterocycles. The van der Waals surface area contributed by atoms with Gasteiger partial charge >= 0.3 is 5.97 Å². The molecule has 2 fully saturated rings. The third-order valence-corrected chi connectivity index (χ3v) is 4.48. The van der Waals surface area contributed by atoms with Gasteiger partial charge in [0.05, 0.1) is 25.1 Å². The molecule has 1 aromatic rings. The number of esters is 1. The van der Waals surface area contributed by atoms with Gasteiger partial charge in [-0.05, 0) is 32.6 Å². The summed E-state index contributed by atoms with van der Waals surface area (Å²) in [7, 11) is 0. The molecule has 124 valence electrons. The van der Waals surface area contributed by atoms with E-state index in [1.807, 2.05) is 0 Å². The molecule has 0 radical (unpaired) electrons. The van der Waals surface area contributed by atoms with E-state index >= 15 is 0 Å². The van der Waals surface area contributed by atoms with Crippen LogP contribution in [0.25, 0.3) is 0 Å². The Balaban J connectivity index is 1.60. The topological polar surface area (TPSA) is 81.6 Å². The predicted octanol–water partition coefficient (Wildman–Crippen LogP) is 1.37. The third-order valence-electron chi connectivity index (χ3n) is 4.48. The van der Waals surface area contributed by atoms with Gasteiger partial charge in [-0.25, -0.2) is 14.8 Å². The number of carbonyl (C=O) groups excluding carboxylic acids is 2. The molecule has 0 aliphatic carbocycles. The molecule has 7 heteroatoms. The number of fused-ring (bicyclic) bond motifs is 2. The van der Waals surface area contributed by atoms with E-state index in [0.29, 0.717) is 30.7 Å². The average Bonchev–Trinajstić information content (AvgIpc) is 2.83. The van der Waals surface area contributed by atoms with Crippen LogP contribution < -0.4 is 4.90 Å². The lowest BCUT2D eigenvalue weighted by atomic mass is 10.00. The summed E-state index contributed by atoms with van der Waals surface area (Å²) in [5, 5.41) is 0. The summed E-state index contributed by atoms with van der Waals surface area (Å²) in [5.41, 5.74) is 0.341. The quantitative estimate of drug-likeness (QED) is 0.578. The molecule has 2 aliphatic rings.